The van der Waals surface area contributed by atoms with Crippen molar-refractivity contribution in [3.63, 3.8) is 0 Å². The molecule has 0 unspecified atom stereocenters. The van der Waals surface area contributed by atoms with Gasteiger partial charge in [-0.3, -0.25) is 0 Å². The molecule has 2 aliphatic rings. The Kier molecular flexibility index (Phi) is 5.33. The fourth-order valence-corrected chi connectivity index (χ4v) is 4.95. The summed E-state index contributed by atoms with van der Waals surface area (Å²) in [6, 6.07) is 15.5. The molecule has 0 saturated heterocycles. The maximum Gasteiger partial charge on any atom is 0.0753 e. The second kappa shape index (κ2) is 7.86. The summed E-state index contributed by atoms with van der Waals surface area (Å²) < 4.78 is 0. The van der Waals surface area contributed by atoms with E-state index in [2.05, 4.69) is 49.4 Å². The molecule has 1 heterocycles. The van der Waals surface area contributed by atoms with Crippen LogP contribution in [-0.2, 0) is 5.41 Å². The zero-order chi connectivity index (χ0) is 17.8. The van der Waals surface area contributed by atoms with E-state index in [0.29, 0.717) is 0 Å². The van der Waals surface area contributed by atoms with Gasteiger partial charge in [0.15, 0.2) is 0 Å². The predicted molar refractivity (Wildman–Crippen MR) is 111 cm³/mol. The first-order chi connectivity index (χ1) is 12.8. The van der Waals surface area contributed by atoms with Crippen LogP contribution < -0.4 is 5.32 Å². The molecule has 2 aromatic carbocycles. The molecule has 1 heteroatoms. The van der Waals surface area contributed by atoms with Gasteiger partial charge in [0.05, 0.1) is 11.4 Å². The van der Waals surface area contributed by atoms with Crippen molar-refractivity contribution in [2.45, 2.75) is 83.0 Å². The van der Waals surface area contributed by atoms with Crippen LogP contribution in [0.25, 0.3) is 11.1 Å². The first kappa shape index (κ1) is 17.6. The molecular formula is C25H32N. The molecule has 1 saturated carbocycles. The molecule has 137 valence electrons. The smallest absolute Gasteiger partial charge is 0.0753 e. The summed E-state index contributed by atoms with van der Waals surface area (Å²) in [6.07, 6.45) is 15.2. The van der Waals surface area contributed by atoms with E-state index in [1.807, 2.05) is 0 Å². The molecule has 0 atom stereocenters. The lowest BCUT2D eigenvalue weighted by Gasteiger charge is -2.32. The van der Waals surface area contributed by atoms with Crippen molar-refractivity contribution < 1.29 is 0 Å². The predicted octanol–water partition coefficient (Wildman–Crippen LogP) is 7.80. The van der Waals surface area contributed by atoms with Crippen molar-refractivity contribution in [2.24, 2.45) is 0 Å². The van der Waals surface area contributed by atoms with Gasteiger partial charge in [-0.2, -0.15) is 0 Å². The Balaban J connectivity index is 1.64. The summed E-state index contributed by atoms with van der Waals surface area (Å²) in [5.41, 5.74) is 6.79. The fraction of sp³-hybridized carbons (Fsp3) is 0.520. The summed E-state index contributed by atoms with van der Waals surface area (Å²) in [4.78, 5) is 0. The van der Waals surface area contributed by atoms with Crippen LogP contribution in [0.15, 0.2) is 42.5 Å². The largest absolute Gasteiger partial charge is 0.247 e. The first-order valence-corrected chi connectivity index (χ1v) is 10.7. The summed E-state index contributed by atoms with van der Waals surface area (Å²) >= 11 is 0. The van der Waals surface area contributed by atoms with Crippen molar-refractivity contribution in [1.82, 2.24) is 5.32 Å². The molecule has 1 aliphatic carbocycles. The Bertz CT molecular complexity index is 734. The minimum absolute atomic E-state index is 0.260. The second-order valence-corrected chi connectivity index (χ2v) is 8.57. The van der Waals surface area contributed by atoms with Gasteiger partial charge in [0.1, 0.15) is 0 Å². The Morgan fingerprint density at radius 3 is 1.92 bits per heavy atom. The van der Waals surface area contributed by atoms with Crippen LogP contribution in [-0.4, -0.2) is 0 Å². The third-order valence-corrected chi connectivity index (χ3v) is 6.57. The SMILES string of the molecule is CC1(c2cccc3c2[N]c2ccccc2-3)CCCCCCCCCCC1. The number of fused-ring (bicyclic) bond motifs is 3. The molecular weight excluding hydrogens is 314 g/mol. The van der Waals surface area contributed by atoms with E-state index in [1.165, 1.54) is 93.0 Å². The normalized spacial score (nSPS) is 20.2. The molecule has 0 amide bonds. The highest BCUT2D eigenvalue weighted by molar-refractivity contribution is 5.92. The van der Waals surface area contributed by atoms with Crippen LogP contribution in [0.3, 0.4) is 0 Å². The molecule has 26 heavy (non-hydrogen) atoms. The zero-order valence-corrected chi connectivity index (χ0v) is 16.3. The zero-order valence-electron chi connectivity index (χ0n) is 16.3. The number of para-hydroxylation sites is 2. The van der Waals surface area contributed by atoms with E-state index in [4.69, 9.17) is 5.32 Å². The lowest BCUT2D eigenvalue weighted by molar-refractivity contribution is 0.357. The van der Waals surface area contributed by atoms with E-state index in [1.54, 1.807) is 0 Å². The average molecular weight is 347 g/mol. The molecule has 1 radical (unpaired) electrons. The minimum atomic E-state index is 0.260. The van der Waals surface area contributed by atoms with Gasteiger partial charge in [-0.05, 0) is 29.9 Å². The third kappa shape index (κ3) is 3.54. The van der Waals surface area contributed by atoms with Crippen LogP contribution in [0.1, 0.15) is 83.1 Å². The highest BCUT2D eigenvalue weighted by Gasteiger charge is 2.32. The summed E-state index contributed by atoms with van der Waals surface area (Å²) in [6.45, 7) is 2.51. The lowest BCUT2D eigenvalue weighted by atomic mass is 9.73. The second-order valence-electron chi connectivity index (χ2n) is 8.57. The van der Waals surface area contributed by atoms with Crippen LogP contribution in [0.4, 0.5) is 11.4 Å². The van der Waals surface area contributed by atoms with E-state index in [9.17, 15) is 0 Å². The highest BCUT2D eigenvalue weighted by Crippen LogP contribution is 2.49. The molecule has 1 aliphatic heterocycles. The Labute approximate surface area is 159 Å². The van der Waals surface area contributed by atoms with Crippen LogP contribution >= 0.6 is 0 Å². The van der Waals surface area contributed by atoms with E-state index < -0.39 is 0 Å². The monoisotopic (exact) mass is 346 g/mol. The number of rotatable bonds is 1. The van der Waals surface area contributed by atoms with E-state index in [0.717, 1.165) is 5.69 Å². The number of hydrogen-bond acceptors (Lipinski definition) is 0. The van der Waals surface area contributed by atoms with Gasteiger partial charge in [0.2, 0.25) is 0 Å². The van der Waals surface area contributed by atoms with Crippen molar-refractivity contribution >= 4 is 11.4 Å². The van der Waals surface area contributed by atoms with Gasteiger partial charge in [-0.1, -0.05) is 101 Å². The van der Waals surface area contributed by atoms with Crippen LogP contribution in [0, 0.1) is 0 Å². The van der Waals surface area contributed by atoms with Crippen LogP contribution in [0.5, 0.6) is 0 Å². The summed E-state index contributed by atoms with van der Waals surface area (Å²) in [5.74, 6) is 0. The van der Waals surface area contributed by atoms with Crippen molar-refractivity contribution in [3.8, 4) is 11.1 Å². The first-order valence-electron chi connectivity index (χ1n) is 10.7. The number of benzene rings is 2. The molecule has 2 aromatic rings. The van der Waals surface area contributed by atoms with E-state index in [-0.39, 0.29) is 5.41 Å². The average Bonchev–Trinajstić information content (AvgIpc) is 3.03. The van der Waals surface area contributed by atoms with E-state index >= 15 is 0 Å². The molecule has 4 rings (SSSR count). The maximum absolute atomic E-state index is 5.07. The van der Waals surface area contributed by atoms with Gasteiger partial charge < -0.3 is 0 Å². The molecule has 1 nitrogen and oxygen atoms in total. The molecule has 0 spiro atoms. The van der Waals surface area contributed by atoms with Gasteiger partial charge >= 0.3 is 0 Å². The van der Waals surface area contributed by atoms with Crippen molar-refractivity contribution in [1.29, 1.82) is 0 Å². The number of nitrogens with zero attached hydrogens (tertiary/aromatic N) is 1. The Morgan fingerprint density at radius 1 is 0.654 bits per heavy atom. The van der Waals surface area contributed by atoms with Crippen molar-refractivity contribution in [2.75, 3.05) is 0 Å². The Hall–Kier alpha value is -1.76. The highest BCUT2D eigenvalue weighted by atomic mass is 14.9. The quantitative estimate of drug-likeness (QED) is 0.427. The van der Waals surface area contributed by atoms with Gasteiger partial charge in [-0.25, -0.2) is 5.32 Å². The lowest BCUT2D eigenvalue weighted by Crippen LogP contribution is -2.23. The summed E-state index contributed by atoms with van der Waals surface area (Å²) in [5, 5.41) is 5.07. The minimum Gasteiger partial charge on any atom is -0.247 e. The summed E-state index contributed by atoms with van der Waals surface area (Å²) in [7, 11) is 0. The van der Waals surface area contributed by atoms with Crippen molar-refractivity contribution in [3.05, 3.63) is 48.0 Å². The van der Waals surface area contributed by atoms with Crippen LogP contribution in [0.2, 0.25) is 0 Å². The van der Waals surface area contributed by atoms with Gasteiger partial charge in [0.25, 0.3) is 0 Å². The molecule has 0 N–H and O–H groups in total. The molecule has 0 bridgehead atoms. The number of hydrogen-bond donors (Lipinski definition) is 0. The fourth-order valence-electron chi connectivity index (χ4n) is 4.95. The Morgan fingerprint density at radius 2 is 1.23 bits per heavy atom. The maximum atomic E-state index is 5.07. The van der Waals surface area contributed by atoms with Gasteiger partial charge in [-0.15, -0.1) is 0 Å². The molecule has 1 fully saturated rings. The third-order valence-electron chi connectivity index (χ3n) is 6.57. The van der Waals surface area contributed by atoms with Gasteiger partial charge in [0, 0.05) is 11.1 Å². The standard InChI is InChI=1S/C25H32N/c1-25(18-11-7-5-3-2-4-6-8-12-19-25)22-16-13-15-21-20-14-9-10-17-23(20)26-24(21)22/h9-10,13-17H,2-8,11-12,18-19H2,1H3. The molecule has 0 aromatic heterocycles. The topological polar surface area (TPSA) is 14.1 Å².